The van der Waals surface area contributed by atoms with Crippen molar-refractivity contribution in [2.24, 2.45) is 5.92 Å². The summed E-state index contributed by atoms with van der Waals surface area (Å²) < 4.78 is 0. The van der Waals surface area contributed by atoms with Gasteiger partial charge in [0.05, 0.1) is 6.10 Å². The highest BCUT2D eigenvalue weighted by atomic mass is 35.5. The van der Waals surface area contributed by atoms with Crippen molar-refractivity contribution in [3.8, 4) is 0 Å². The van der Waals surface area contributed by atoms with Crippen LogP contribution in [0.5, 0.6) is 0 Å². The first-order valence-electron chi connectivity index (χ1n) is 3.79. The van der Waals surface area contributed by atoms with Gasteiger partial charge in [-0.3, -0.25) is 0 Å². The first kappa shape index (κ1) is 8.31. The SMILES string of the molecule is Cl.OC1CCN[C@@H]2CC[C@H]12. The molecule has 1 aliphatic carbocycles. The van der Waals surface area contributed by atoms with Crippen LogP contribution in [0.3, 0.4) is 0 Å². The zero-order chi connectivity index (χ0) is 6.27. The van der Waals surface area contributed by atoms with E-state index in [0.717, 1.165) is 13.0 Å². The number of aliphatic hydroxyl groups is 1. The third-order valence-corrected chi connectivity index (χ3v) is 2.67. The van der Waals surface area contributed by atoms with E-state index in [1.807, 2.05) is 0 Å². The highest BCUT2D eigenvalue weighted by Gasteiger charge is 2.38. The number of halogens is 1. The molecule has 0 spiro atoms. The smallest absolute Gasteiger partial charge is 0.0595 e. The average molecular weight is 164 g/mol. The van der Waals surface area contributed by atoms with Gasteiger partial charge in [0.2, 0.25) is 0 Å². The Balaban J connectivity index is 0.000000500. The maximum absolute atomic E-state index is 9.36. The van der Waals surface area contributed by atoms with Crippen LogP contribution in [0.2, 0.25) is 0 Å². The predicted molar refractivity (Wildman–Crippen MR) is 42.4 cm³/mol. The first-order chi connectivity index (χ1) is 4.38. The van der Waals surface area contributed by atoms with E-state index >= 15 is 0 Å². The average Bonchev–Trinajstić information content (AvgIpc) is 1.74. The Morgan fingerprint density at radius 3 is 2.40 bits per heavy atom. The van der Waals surface area contributed by atoms with Gasteiger partial charge in [0, 0.05) is 12.0 Å². The van der Waals surface area contributed by atoms with Gasteiger partial charge in [-0.1, -0.05) is 0 Å². The van der Waals surface area contributed by atoms with Crippen molar-refractivity contribution in [1.29, 1.82) is 0 Å². The molecule has 2 N–H and O–H groups in total. The maximum Gasteiger partial charge on any atom is 0.0595 e. The minimum atomic E-state index is 0. The zero-order valence-electron chi connectivity index (χ0n) is 5.92. The van der Waals surface area contributed by atoms with E-state index in [0.29, 0.717) is 12.0 Å². The third-order valence-electron chi connectivity index (χ3n) is 2.67. The lowest BCUT2D eigenvalue weighted by molar-refractivity contribution is 0.00222. The van der Waals surface area contributed by atoms with E-state index < -0.39 is 0 Å². The molecule has 3 atom stereocenters. The number of hydrogen-bond donors (Lipinski definition) is 2. The number of piperidine rings is 1. The van der Waals surface area contributed by atoms with Crippen LogP contribution in [0, 0.1) is 5.92 Å². The molecule has 0 aromatic heterocycles. The molecule has 10 heavy (non-hydrogen) atoms. The Kier molecular flexibility index (Phi) is 2.55. The lowest BCUT2D eigenvalue weighted by Gasteiger charge is -2.44. The summed E-state index contributed by atoms with van der Waals surface area (Å²) in [5.74, 6) is 0.596. The normalized spacial score (nSPS) is 44.7. The molecular formula is C7H14ClNO. The lowest BCUT2D eigenvalue weighted by atomic mass is 9.73. The summed E-state index contributed by atoms with van der Waals surface area (Å²) in [4.78, 5) is 0. The second kappa shape index (κ2) is 3.07. The van der Waals surface area contributed by atoms with Gasteiger partial charge < -0.3 is 10.4 Å². The van der Waals surface area contributed by atoms with Crippen molar-refractivity contribution in [2.75, 3.05) is 6.54 Å². The predicted octanol–water partition coefficient (Wildman–Crippen LogP) is 0.541. The van der Waals surface area contributed by atoms with E-state index in [1.54, 1.807) is 0 Å². The van der Waals surface area contributed by atoms with E-state index in [4.69, 9.17) is 0 Å². The number of rotatable bonds is 0. The summed E-state index contributed by atoms with van der Waals surface area (Å²) in [6.07, 6.45) is 3.48. The van der Waals surface area contributed by atoms with Gasteiger partial charge >= 0.3 is 0 Å². The van der Waals surface area contributed by atoms with Crippen molar-refractivity contribution >= 4 is 12.4 Å². The van der Waals surface area contributed by atoms with E-state index in [1.165, 1.54) is 12.8 Å². The van der Waals surface area contributed by atoms with Crippen LogP contribution >= 0.6 is 12.4 Å². The summed E-state index contributed by atoms with van der Waals surface area (Å²) in [6.45, 7) is 1.02. The lowest BCUT2D eigenvalue weighted by Crippen LogP contribution is -2.54. The van der Waals surface area contributed by atoms with Gasteiger partial charge in [-0.25, -0.2) is 0 Å². The van der Waals surface area contributed by atoms with Crippen LogP contribution in [0.4, 0.5) is 0 Å². The van der Waals surface area contributed by atoms with Crippen LogP contribution in [-0.4, -0.2) is 23.8 Å². The summed E-state index contributed by atoms with van der Waals surface area (Å²) in [6, 6.07) is 0.661. The number of nitrogens with one attached hydrogen (secondary N) is 1. The molecule has 1 saturated heterocycles. The van der Waals surface area contributed by atoms with E-state index in [9.17, 15) is 5.11 Å². The monoisotopic (exact) mass is 163 g/mol. The van der Waals surface area contributed by atoms with Crippen molar-refractivity contribution < 1.29 is 5.11 Å². The number of fused-ring (bicyclic) bond motifs is 1. The van der Waals surface area contributed by atoms with Gasteiger partial charge in [0.15, 0.2) is 0 Å². The van der Waals surface area contributed by atoms with Gasteiger partial charge in [-0.05, 0) is 25.8 Å². The number of hydrogen-bond acceptors (Lipinski definition) is 2. The highest BCUT2D eigenvalue weighted by Crippen LogP contribution is 2.33. The van der Waals surface area contributed by atoms with Crippen LogP contribution < -0.4 is 5.32 Å². The van der Waals surface area contributed by atoms with Gasteiger partial charge in [-0.15, -0.1) is 12.4 Å². The molecule has 3 heteroatoms. The third kappa shape index (κ3) is 1.16. The van der Waals surface area contributed by atoms with Crippen LogP contribution in [0.15, 0.2) is 0 Å². The van der Waals surface area contributed by atoms with Gasteiger partial charge in [0.25, 0.3) is 0 Å². The van der Waals surface area contributed by atoms with Gasteiger partial charge in [-0.2, -0.15) is 0 Å². The Morgan fingerprint density at radius 2 is 2.00 bits per heavy atom. The quantitative estimate of drug-likeness (QED) is 0.547. The highest BCUT2D eigenvalue weighted by molar-refractivity contribution is 5.85. The van der Waals surface area contributed by atoms with Gasteiger partial charge in [0.1, 0.15) is 0 Å². The Bertz CT molecular complexity index is 114. The molecular weight excluding hydrogens is 150 g/mol. The number of aliphatic hydroxyl groups excluding tert-OH is 1. The molecule has 1 aliphatic heterocycles. The summed E-state index contributed by atoms with van der Waals surface area (Å²) in [5, 5.41) is 12.7. The molecule has 0 amide bonds. The standard InChI is InChI=1S/C7H13NO.ClH/c9-7-3-4-8-6-2-1-5(6)7;/h5-9H,1-4H2;1H/t5-,6+,7?;/m0./s1. The molecule has 2 rings (SSSR count). The largest absolute Gasteiger partial charge is 0.393 e. The Morgan fingerprint density at radius 1 is 1.20 bits per heavy atom. The second-order valence-corrected chi connectivity index (χ2v) is 3.16. The zero-order valence-corrected chi connectivity index (χ0v) is 6.73. The van der Waals surface area contributed by atoms with Crippen LogP contribution in [-0.2, 0) is 0 Å². The molecule has 1 saturated carbocycles. The summed E-state index contributed by atoms with van der Waals surface area (Å²) >= 11 is 0. The fraction of sp³-hybridized carbons (Fsp3) is 1.00. The summed E-state index contributed by atoms with van der Waals surface area (Å²) in [7, 11) is 0. The van der Waals surface area contributed by atoms with Crippen molar-refractivity contribution in [3.05, 3.63) is 0 Å². The molecule has 1 unspecified atom stereocenters. The fourth-order valence-corrected chi connectivity index (χ4v) is 1.87. The van der Waals surface area contributed by atoms with Crippen LogP contribution in [0.25, 0.3) is 0 Å². The molecule has 2 fully saturated rings. The minimum absolute atomic E-state index is 0. The van der Waals surface area contributed by atoms with Crippen molar-refractivity contribution in [3.63, 3.8) is 0 Å². The molecule has 2 aliphatic rings. The fourth-order valence-electron chi connectivity index (χ4n) is 1.87. The first-order valence-corrected chi connectivity index (χ1v) is 3.79. The topological polar surface area (TPSA) is 32.3 Å². The molecule has 60 valence electrons. The van der Waals surface area contributed by atoms with Crippen molar-refractivity contribution in [1.82, 2.24) is 5.32 Å². The minimum Gasteiger partial charge on any atom is -0.393 e. The second-order valence-electron chi connectivity index (χ2n) is 3.16. The Labute approximate surface area is 67.4 Å². The maximum atomic E-state index is 9.36. The molecule has 0 aromatic carbocycles. The summed E-state index contributed by atoms with van der Waals surface area (Å²) in [5.41, 5.74) is 0. The Hall–Kier alpha value is 0.210. The molecule has 0 aromatic rings. The molecule has 1 heterocycles. The van der Waals surface area contributed by atoms with Crippen LogP contribution in [0.1, 0.15) is 19.3 Å². The van der Waals surface area contributed by atoms with E-state index in [-0.39, 0.29) is 18.5 Å². The van der Waals surface area contributed by atoms with Crippen molar-refractivity contribution in [2.45, 2.75) is 31.4 Å². The van der Waals surface area contributed by atoms with E-state index in [2.05, 4.69) is 5.32 Å². The molecule has 0 bridgehead atoms. The molecule has 0 radical (unpaired) electrons. The molecule has 2 nitrogen and oxygen atoms in total.